The van der Waals surface area contributed by atoms with Crippen molar-refractivity contribution in [3.8, 4) is 17.6 Å². The van der Waals surface area contributed by atoms with Gasteiger partial charge < -0.3 is 9.47 Å². The molecule has 2 heterocycles. The summed E-state index contributed by atoms with van der Waals surface area (Å²) in [5.41, 5.74) is 2.05. The Bertz CT molecular complexity index is 984. The summed E-state index contributed by atoms with van der Waals surface area (Å²) in [6, 6.07) is 8.69. The number of esters is 1. The molecule has 7 heteroatoms. The fourth-order valence-corrected chi connectivity index (χ4v) is 2.55. The molecule has 3 rings (SSSR count). The highest BCUT2D eigenvalue weighted by Gasteiger charge is 2.22. The second-order valence-corrected chi connectivity index (χ2v) is 5.37. The van der Waals surface area contributed by atoms with Gasteiger partial charge in [0.25, 0.3) is 0 Å². The van der Waals surface area contributed by atoms with Crippen molar-refractivity contribution >= 4 is 17.0 Å². The molecule has 25 heavy (non-hydrogen) atoms. The lowest BCUT2D eigenvalue weighted by atomic mass is 10.1. The number of aromatic nitrogens is 3. The van der Waals surface area contributed by atoms with Crippen molar-refractivity contribution in [2.75, 3.05) is 6.61 Å². The van der Waals surface area contributed by atoms with Crippen LogP contribution in [0.4, 0.5) is 0 Å². The van der Waals surface area contributed by atoms with E-state index in [0.29, 0.717) is 33.8 Å². The number of pyridine rings is 1. The minimum absolute atomic E-state index is 0.231. The smallest absolute Gasteiger partial charge is 0.343 e. The van der Waals surface area contributed by atoms with E-state index in [1.54, 1.807) is 42.9 Å². The number of nitrogens with zero attached hydrogens (tertiary/aromatic N) is 4. The van der Waals surface area contributed by atoms with E-state index in [0.717, 1.165) is 0 Å². The van der Waals surface area contributed by atoms with Gasteiger partial charge in [-0.3, -0.25) is 4.68 Å². The summed E-state index contributed by atoms with van der Waals surface area (Å²) in [4.78, 5) is 16.6. The zero-order chi connectivity index (χ0) is 18.0. The molecule has 0 fully saturated rings. The number of carbonyl (C=O) groups is 1. The number of hydrogen-bond donors (Lipinski definition) is 0. The third-order valence-electron chi connectivity index (χ3n) is 3.68. The highest BCUT2D eigenvalue weighted by atomic mass is 16.5. The number of carbonyl (C=O) groups excluding carboxylic acids is 1. The van der Waals surface area contributed by atoms with E-state index in [4.69, 9.17) is 14.7 Å². The molecule has 0 saturated heterocycles. The molecule has 7 nitrogen and oxygen atoms in total. The van der Waals surface area contributed by atoms with Crippen molar-refractivity contribution in [1.82, 2.24) is 14.8 Å². The van der Waals surface area contributed by atoms with Gasteiger partial charge in [0.1, 0.15) is 11.3 Å². The number of nitriles is 1. The van der Waals surface area contributed by atoms with Crippen molar-refractivity contribution in [3.05, 3.63) is 47.3 Å². The number of fused-ring (bicyclic) bond motifs is 1. The van der Waals surface area contributed by atoms with Crippen LogP contribution < -0.4 is 4.74 Å². The summed E-state index contributed by atoms with van der Waals surface area (Å²) < 4.78 is 12.7. The first-order valence-electron chi connectivity index (χ1n) is 7.72. The predicted molar refractivity (Wildman–Crippen MR) is 90.4 cm³/mol. The summed E-state index contributed by atoms with van der Waals surface area (Å²) in [7, 11) is 1.78. The number of ether oxygens (including phenoxy) is 2. The zero-order valence-corrected chi connectivity index (χ0v) is 14.1. The van der Waals surface area contributed by atoms with E-state index in [9.17, 15) is 4.79 Å². The summed E-state index contributed by atoms with van der Waals surface area (Å²) in [6.07, 6.45) is 1.43. The first kappa shape index (κ1) is 16.5. The molecule has 0 aliphatic carbocycles. The molecule has 0 radical (unpaired) electrons. The lowest BCUT2D eigenvalue weighted by Crippen LogP contribution is -2.08. The van der Waals surface area contributed by atoms with Gasteiger partial charge in [0.2, 0.25) is 0 Å². The molecular formula is C18H16N4O3. The Morgan fingerprint density at radius 2 is 2.04 bits per heavy atom. The van der Waals surface area contributed by atoms with Crippen LogP contribution in [-0.2, 0) is 11.8 Å². The molecule has 0 bridgehead atoms. The molecule has 0 aliphatic rings. The topological polar surface area (TPSA) is 90.0 Å². The molecule has 0 amide bonds. The summed E-state index contributed by atoms with van der Waals surface area (Å²) >= 11 is 0. The highest BCUT2D eigenvalue weighted by molar-refractivity contribution is 6.00. The molecule has 0 unspecified atom stereocenters. The van der Waals surface area contributed by atoms with Crippen molar-refractivity contribution in [1.29, 1.82) is 5.26 Å². The molecule has 126 valence electrons. The zero-order valence-electron chi connectivity index (χ0n) is 14.1. The Morgan fingerprint density at radius 3 is 2.68 bits per heavy atom. The Balaban J connectivity index is 2.16. The van der Waals surface area contributed by atoms with Gasteiger partial charge in [0, 0.05) is 13.2 Å². The summed E-state index contributed by atoms with van der Waals surface area (Å²) in [5, 5.41) is 13.9. The van der Waals surface area contributed by atoms with Gasteiger partial charge in [-0.25, -0.2) is 9.78 Å². The van der Waals surface area contributed by atoms with Crippen LogP contribution in [0.3, 0.4) is 0 Å². The van der Waals surface area contributed by atoms with Crippen LogP contribution >= 0.6 is 0 Å². The van der Waals surface area contributed by atoms with E-state index in [-0.39, 0.29) is 12.2 Å². The molecule has 2 aromatic heterocycles. The summed E-state index contributed by atoms with van der Waals surface area (Å²) in [6.45, 7) is 3.81. The summed E-state index contributed by atoms with van der Waals surface area (Å²) in [5.74, 6) is 0.336. The van der Waals surface area contributed by atoms with Gasteiger partial charge in [0.05, 0.1) is 29.3 Å². The number of benzene rings is 1. The lowest BCUT2D eigenvalue weighted by molar-refractivity contribution is 0.0523. The third-order valence-corrected chi connectivity index (χ3v) is 3.68. The van der Waals surface area contributed by atoms with Crippen LogP contribution in [0.2, 0.25) is 0 Å². The minimum atomic E-state index is -0.510. The van der Waals surface area contributed by atoms with Crippen molar-refractivity contribution in [2.45, 2.75) is 13.8 Å². The van der Waals surface area contributed by atoms with Gasteiger partial charge >= 0.3 is 5.97 Å². The Kier molecular flexibility index (Phi) is 4.35. The minimum Gasteiger partial charge on any atom is -0.462 e. The Hall–Kier alpha value is -3.40. The molecule has 1 aromatic carbocycles. The number of hydrogen-bond acceptors (Lipinski definition) is 6. The van der Waals surface area contributed by atoms with Crippen molar-refractivity contribution in [2.24, 2.45) is 7.05 Å². The van der Waals surface area contributed by atoms with E-state index in [1.807, 2.05) is 6.92 Å². The van der Waals surface area contributed by atoms with Crippen LogP contribution in [-0.4, -0.2) is 27.3 Å². The Labute approximate surface area is 144 Å². The third kappa shape index (κ3) is 3.02. The fraction of sp³-hybridized carbons (Fsp3) is 0.222. The molecule has 0 aliphatic heterocycles. The largest absolute Gasteiger partial charge is 0.462 e. The fourth-order valence-electron chi connectivity index (χ4n) is 2.55. The SMILES string of the molecule is CCOC(=O)c1cnc2c(c(C)nn2C)c1Oc1ccc(C#N)cc1. The molecule has 3 aromatic rings. The molecule has 0 saturated carbocycles. The van der Waals surface area contributed by atoms with Crippen LogP contribution in [0.1, 0.15) is 28.5 Å². The molecular weight excluding hydrogens is 320 g/mol. The predicted octanol–water partition coefficient (Wildman–Crippen LogP) is 3.12. The maximum absolute atomic E-state index is 12.3. The quantitative estimate of drug-likeness (QED) is 0.680. The van der Waals surface area contributed by atoms with E-state index in [2.05, 4.69) is 16.2 Å². The average Bonchev–Trinajstić information content (AvgIpc) is 2.90. The second kappa shape index (κ2) is 6.61. The van der Waals surface area contributed by atoms with Gasteiger partial charge in [-0.1, -0.05) is 0 Å². The first-order valence-corrected chi connectivity index (χ1v) is 7.72. The Morgan fingerprint density at radius 1 is 1.32 bits per heavy atom. The van der Waals surface area contributed by atoms with E-state index >= 15 is 0 Å². The van der Waals surface area contributed by atoms with Crippen molar-refractivity contribution < 1.29 is 14.3 Å². The van der Waals surface area contributed by atoms with E-state index < -0.39 is 5.97 Å². The van der Waals surface area contributed by atoms with Crippen LogP contribution in [0.15, 0.2) is 30.5 Å². The van der Waals surface area contributed by atoms with Gasteiger partial charge in [-0.15, -0.1) is 0 Å². The molecule has 0 N–H and O–H groups in total. The maximum Gasteiger partial charge on any atom is 0.343 e. The maximum atomic E-state index is 12.3. The van der Waals surface area contributed by atoms with E-state index in [1.165, 1.54) is 6.20 Å². The average molecular weight is 336 g/mol. The number of aryl methyl sites for hydroxylation is 2. The van der Waals surface area contributed by atoms with Crippen LogP contribution in [0, 0.1) is 18.3 Å². The van der Waals surface area contributed by atoms with Crippen molar-refractivity contribution in [3.63, 3.8) is 0 Å². The van der Waals surface area contributed by atoms with Crippen LogP contribution in [0.25, 0.3) is 11.0 Å². The number of rotatable bonds is 4. The second-order valence-electron chi connectivity index (χ2n) is 5.37. The highest BCUT2D eigenvalue weighted by Crippen LogP contribution is 2.34. The normalized spacial score (nSPS) is 10.5. The van der Waals surface area contributed by atoms with Gasteiger partial charge in [-0.2, -0.15) is 10.4 Å². The molecule has 0 spiro atoms. The molecule has 0 atom stereocenters. The van der Waals surface area contributed by atoms with Gasteiger partial charge in [0.15, 0.2) is 11.4 Å². The standard InChI is InChI=1S/C18H16N4O3/c1-4-24-18(23)14-10-20-17-15(11(2)21-22(17)3)16(14)25-13-7-5-12(9-19)6-8-13/h5-8,10H,4H2,1-3H3. The lowest BCUT2D eigenvalue weighted by Gasteiger charge is -2.12. The first-order chi connectivity index (χ1) is 12.0. The van der Waals surface area contributed by atoms with Crippen LogP contribution in [0.5, 0.6) is 11.5 Å². The van der Waals surface area contributed by atoms with Gasteiger partial charge in [-0.05, 0) is 38.1 Å². The monoisotopic (exact) mass is 336 g/mol.